The van der Waals surface area contributed by atoms with Crippen molar-refractivity contribution in [2.75, 3.05) is 13.2 Å². The molecule has 30 heavy (non-hydrogen) atoms. The molecular weight excluding hydrogens is 380 g/mol. The first-order chi connectivity index (χ1) is 14.6. The van der Waals surface area contributed by atoms with Crippen LogP contribution in [0.4, 0.5) is 11.4 Å². The molecule has 0 atom stereocenters. The van der Waals surface area contributed by atoms with Crippen molar-refractivity contribution < 1.29 is 19.7 Å². The second-order valence-corrected chi connectivity index (χ2v) is 6.29. The quantitative estimate of drug-likeness (QED) is 0.493. The van der Waals surface area contributed by atoms with Crippen LogP contribution in [0.3, 0.4) is 0 Å². The van der Waals surface area contributed by atoms with Crippen molar-refractivity contribution >= 4 is 23.8 Å². The molecule has 0 spiro atoms. The zero-order chi connectivity index (χ0) is 21.3. The van der Waals surface area contributed by atoms with Gasteiger partial charge in [-0.3, -0.25) is 9.98 Å². The van der Waals surface area contributed by atoms with Crippen molar-refractivity contribution in [3.63, 3.8) is 0 Å². The van der Waals surface area contributed by atoms with Gasteiger partial charge in [0, 0.05) is 23.6 Å². The lowest BCUT2D eigenvalue weighted by atomic mass is 10.2. The Bertz CT molecular complexity index is 959. The molecule has 0 aromatic heterocycles. The van der Waals surface area contributed by atoms with Crippen LogP contribution in [0.25, 0.3) is 0 Å². The van der Waals surface area contributed by atoms with Crippen LogP contribution in [0.5, 0.6) is 23.0 Å². The maximum atomic E-state index is 10.2. The monoisotopic (exact) mass is 404 g/mol. The molecule has 3 aromatic rings. The van der Waals surface area contributed by atoms with Crippen molar-refractivity contribution in [1.82, 2.24) is 0 Å². The summed E-state index contributed by atoms with van der Waals surface area (Å²) in [7, 11) is 0. The van der Waals surface area contributed by atoms with Gasteiger partial charge in [0.1, 0.15) is 0 Å². The molecule has 0 saturated carbocycles. The predicted molar refractivity (Wildman–Crippen MR) is 120 cm³/mol. The highest BCUT2D eigenvalue weighted by Crippen LogP contribution is 2.30. The van der Waals surface area contributed by atoms with Gasteiger partial charge in [0.15, 0.2) is 23.0 Å². The fourth-order valence-corrected chi connectivity index (χ4v) is 2.74. The Hall–Kier alpha value is -3.80. The van der Waals surface area contributed by atoms with Crippen LogP contribution in [0.1, 0.15) is 25.0 Å². The fourth-order valence-electron chi connectivity index (χ4n) is 2.74. The first-order valence-electron chi connectivity index (χ1n) is 9.70. The number of phenolic OH excluding ortho intramolecular Hbond substituents is 2. The van der Waals surface area contributed by atoms with E-state index in [9.17, 15) is 10.2 Å². The number of benzene rings is 3. The molecule has 0 saturated heterocycles. The Balaban J connectivity index is 1.72. The number of hydrogen-bond donors (Lipinski definition) is 2. The number of ether oxygens (including phenoxy) is 2. The number of phenols is 2. The Kier molecular flexibility index (Phi) is 7.05. The Morgan fingerprint density at radius 2 is 1.07 bits per heavy atom. The van der Waals surface area contributed by atoms with Gasteiger partial charge in [-0.25, -0.2) is 0 Å². The highest BCUT2D eigenvalue weighted by Gasteiger charge is 2.06. The number of hydrogen-bond acceptors (Lipinski definition) is 6. The highest BCUT2D eigenvalue weighted by atomic mass is 16.5. The highest BCUT2D eigenvalue weighted by molar-refractivity contribution is 5.87. The van der Waals surface area contributed by atoms with E-state index in [1.807, 2.05) is 38.1 Å². The lowest BCUT2D eigenvalue weighted by molar-refractivity contribution is 0.318. The number of rotatable bonds is 8. The number of para-hydroxylation sites is 2. The van der Waals surface area contributed by atoms with Crippen LogP contribution < -0.4 is 9.47 Å². The van der Waals surface area contributed by atoms with E-state index in [1.165, 1.54) is 0 Å². The van der Waals surface area contributed by atoms with Crippen molar-refractivity contribution in [3.8, 4) is 23.0 Å². The van der Waals surface area contributed by atoms with Crippen molar-refractivity contribution in [2.45, 2.75) is 13.8 Å². The van der Waals surface area contributed by atoms with Gasteiger partial charge in [-0.2, -0.15) is 0 Å². The van der Waals surface area contributed by atoms with Gasteiger partial charge < -0.3 is 19.7 Å². The minimum Gasteiger partial charge on any atom is -0.504 e. The summed E-state index contributed by atoms with van der Waals surface area (Å²) >= 11 is 0. The number of aliphatic imine (C=N–C) groups is 2. The Morgan fingerprint density at radius 1 is 0.667 bits per heavy atom. The molecule has 6 heteroatoms. The number of nitrogens with zero attached hydrogens (tertiary/aromatic N) is 2. The van der Waals surface area contributed by atoms with Crippen LogP contribution in [-0.4, -0.2) is 35.9 Å². The molecule has 0 aliphatic rings. The summed E-state index contributed by atoms with van der Waals surface area (Å²) in [4.78, 5) is 8.79. The van der Waals surface area contributed by atoms with Crippen molar-refractivity contribution in [3.05, 3.63) is 71.8 Å². The maximum Gasteiger partial charge on any atom is 0.166 e. The third-order valence-corrected chi connectivity index (χ3v) is 4.22. The van der Waals surface area contributed by atoms with Crippen LogP contribution >= 0.6 is 0 Å². The first kappa shape index (κ1) is 20.9. The molecule has 2 N–H and O–H groups in total. The van der Waals surface area contributed by atoms with Gasteiger partial charge in [0.2, 0.25) is 0 Å². The molecule has 3 aromatic carbocycles. The lowest BCUT2D eigenvalue weighted by Gasteiger charge is -2.07. The summed E-state index contributed by atoms with van der Waals surface area (Å²) in [6.07, 6.45) is 3.18. The third kappa shape index (κ3) is 5.17. The van der Waals surface area contributed by atoms with E-state index in [-0.39, 0.29) is 11.5 Å². The summed E-state index contributed by atoms with van der Waals surface area (Å²) in [6.45, 7) is 4.68. The fraction of sp³-hybridized carbons (Fsp3) is 0.167. The normalized spacial score (nSPS) is 11.3. The second-order valence-electron chi connectivity index (χ2n) is 6.29. The van der Waals surface area contributed by atoms with Gasteiger partial charge in [-0.15, -0.1) is 0 Å². The molecular formula is C24H24N2O4. The van der Waals surface area contributed by atoms with Crippen LogP contribution in [-0.2, 0) is 0 Å². The Morgan fingerprint density at radius 3 is 1.43 bits per heavy atom. The molecule has 0 fully saturated rings. The maximum absolute atomic E-state index is 10.2. The molecule has 0 radical (unpaired) electrons. The van der Waals surface area contributed by atoms with E-state index in [0.29, 0.717) is 35.8 Å². The second kappa shape index (κ2) is 10.1. The van der Waals surface area contributed by atoms with Crippen LogP contribution in [0.15, 0.2) is 70.6 Å². The van der Waals surface area contributed by atoms with Gasteiger partial charge in [-0.1, -0.05) is 12.1 Å². The van der Waals surface area contributed by atoms with E-state index < -0.39 is 0 Å². The van der Waals surface area contributed by atoms with Gasteiger partial charge in [-0.05, 0) is 62.4 Å². The molecule has 0 heterocycles. The molecule has 154 valence electrons. The molecule has 0 unspecified atom stereocenters. The summed E-state index contributed by atoms with van der Waals surface area (Å²) in [5.41, 5.74) is 2.59. The smallest absolute Gasteiger partial charge is 0.166 e. The summed E-state index contributed by atoms with van der Waals surface area (Å²) in [5, 5.41) is 20.5. The van der Waals surface area contributed by atoms with Crippen molar-refractivity contribution in [1.29, 1.82) is 0 Å². The zero-order valence-corrected chi connectivity index (χ0v) is 16.9. The minimum atomic E-state index is 0.0680. The average molecular weight is 404 g/mol. The summed E-state index contributed by atoms with van der Waals surface area (Å²) in [5.74, 6) is 1.00. The first-order valence-corrected chi connectivity index (χ1v) is 9.70. The average Bonchev–Trinajstić information content (AvgIpc) is 2.76. The van der Waals surface area contributed by atoms with Crippen LogP contribution in [0, 0.1) is 0 Å². The van der Waals surface area contributed by atoms with E-state index in [4.69, 9.17) is 9.47 Å². The third-order valence-electron chi connectivity index (χ3n) is 4.22. The molecule has 6 nitrogen and oxygen atoms in total. The SMILES string of the molecule is CCOc1cccc(C=Nc2ccc(N=Cc3cccc(OCC)c3O)cc2)c1O. The zero-order valence-electron chi connectivity index (χ0n) is 16.9. The predicted octanol–water partition coefficient (Wildman–Crippen LogP) is 5.40. The molecule has 0 bridgehead atoms. The van der Waals surface area contributed by atoms with Gasteiger partial charge >= 0.3 is 0 Å². The van der Waals surface area contributed by atoms with Gasteiger partial charge in [0.05, 0.1) is 24.6 Å². The number of aromatic hydroxyl groups is 2. The van der Waals surface area contributed by atoms with E-state index in [1.54, 1.807) is 48.8 Å². The minimum absolute atomic E-state index is 0.0680. The topological polar surface area (TPSA) is 83.6 Å². The standard InChI is InChI=1S/C24H24N2O4/c1-3-29-21-9-5-7-17(23(21)27)15-25-19-11-13-20(14-12-19)26-16-18-8-6-10-22(24(18)28)30-4-2/h5-16,27-28H,3-4H2,1-2H3. The van der Waals surface area contributed by atoms with E-state index in [2.05, 4.69) is 9.98 Å². The van der Waals surface area contributed by atoms with Crippen LogP contribution in [0.2, 0.25) is 0 Å². The molecule has 0 aliphatic carbocycles. The van der Waals surface area contributed by atoms with E-state index in [0.717, 1.165) is 11.4 Å². The summed E-state index contributed by atoms with van der Waals surface area (Å²) < 4.78 is 10.8. The molecule has 0 aliphatic heterocycles. The lowest BCUT2D eigenvalue weighted by Crippen LogP contribution is -1.93. The molecule has 0 amide bonds. The largest absolute Gasteiger partial charge is 0.504 e. The van der Waals surface area contributed by atoms with Crippen molar-refractivity contribution in [2.24, 2.45) is 9.98 Å². The Labute approximate surface area is 175 Å². The molecule has 3 rings (SSSR count). The summed E-state index contributed by atoms with van der Waals surface area (Å²) in [6, 6.07) is 17.9. The van der Waals surface area contributed by atoms with Gasteiger partial charge in [0.25, 0.3) is 0 Å². The van der Waals surface area contributed by atoms with E-state index >= 15 is 0 Å².